The predicted molar refractivity (Wildman–Crippen MR) is 92.0 cm³/mol. The Balaban J connectivity index is 1.94. The van der Waals surface area contributed by atoms with Gasteiger partial charge >= 0.3 is 0 Å². The fourth-order valence-electron chi connectivity index (χ4n) is 3.12. The molecule has 24 heavy (non-hydrogen) atoms. The van der Waals surface area contributed by atoms with Gasteiger partial charge in [-0.25, -0.2) is 8.42 Å². The van der Waals surface area contributed by atoms with Crippen LogP contribution in [0.1, 0.15) is 24.1 Å². The van der Waals surface area contributed by atoms with E-state index in [1.165, 1.54) is 0 Å². The van der Waals surface area contributed by atoms with Crippen LogP contribution in [0.25, 0.3) is 0 Å². The molecule has 5 nitrogen and oxygen atoms in total. The maximum atomic E-state index is 13.0. The Bertz CT molecular complexity index is 831. The highest BCUT2D eigenvalue weighted by Crippen LogP contribution is 2.35. The molecule has 0 aromatic heterocycles. The number of benzene rings is 2. The number of hydrogen-bond acceptors (Lipinski definition) is 4. The second-order valence-corrected chi connectivity index (χ2v) is 7.67. The molecule has 0 bridgehead atoms. The maximum absolute atomic E-state index is 13.0. The lowest BCUT2D eigenvalue weighted by Gasteiger charge is -2.34. The molecule has 6 heteroatoms. The molecule has 0 aliphatic carbocycles. The zero-order valence-electron chi connectivity index (χ0n) is 14.0. The van der Waals surface area contributed by atoms with Gasteiger partial charge in [-0.05, 0) is 60.9 Å². The van der Waals surface area contributed by atoms with E-state index in [-0.39, 0.29) is 10.9 Å². The number of fused-ring (bicyclic) bond motifs is 1. The summed E-state index contributed by atoms with van der Waals surface area (Å²) < 4.78 is 37.9. The van der Waals surface area contributed by atoms with Gasteiger partial charge in [-0.15, -0.1) is 0 Å². The predicted octanol–water partition coefficient (Wildman–Crippen LogP) is 3.01. The fourth-order valence-corrected chi connectivity index (χ4v) is 4.74. The van der Waals surface area contributed by atoms with Crippen LogP contribution in [0.5, 0.6) is 11.5 Å². The second-order valence-electron chi connectivity index (χ2n) is 5.78. The molecule has 2 aromatic carbocycles. The number of hydrogen-bond donors (Lipinski definition) is 0. The van der Waals surface area contributed by atoms with Crippen molar-refractivity contribution >= 4 is 10.0 Å². The zero-order valence-corrected chi connectivity index (χ0v) is 14.8. The van der Waals surface area contributed by atoms with Crippen LogP contribution in [0.3, 0.4) is 0 Å². The Morgan fingerprint density at radius 3 is 2.25 bits per heavy atom. The molecule has 3 rings (SSSR count). The van der Waals surface area contributed by atoms with Crippen LogP contribution >= 0.6 is 0 Å². The van der Waals surface area contributed by atoms with Crippen LogP contribution < -0.4 is 9.47 Å². The summed E-state index contributed by atoms with van der Waals surface area (Å²) in [7, 11) is -0.358. The van der Waals surface area contributed by atoms with Crippen LogP contribution in [-0.4, -0.2) is 33.5 Å². The highest BCUT2D eigenvalue weighted by atomic mass is 32.2. The first-order valence-corrected chi connectivity index (χ1v) is 9.24. The number of rotatable bonds is 4. The third kappa shape index (κ3) is 2.87. The molecule has 1 aliphatic heterocycles. The van der Waals surface area contributed by atoms with Crippen LogP contribution in [0.15, 0.2) is 47.4 Å². The number of sulfonamides is 1. The topological polar surface area (TPSA) is 55.8 Å². The Labute approximate surface area is 142 Å². The summed E-state index contributed by atoms with van der Waals surface area (Å²) in [6.45, 7) is 2.38. The van der Waals surface area contributed by atoms with Crippen molar-refractivity contribution in [3.8, 4) is 11.5 Å². The van der Waals surface area contributed by atoms with Gasteiger partial charge in [0.1, 0.15) is 11.5 Å². The standard InChI is InChI=1S/C18H21NO4S/c1-13-18-9-6-16(23-3)12-14(18)10-11-19(13)24(20,21)17-7-4-15(22-2)5-8-17/h4-9,12-13H,10-11H2,1-3H3. The van der Waals surface area contributed by atoms with Crippen molar-refractivity contribution in [3.63, 3.8) is 0 Å². The highest BCUT2D eigenvalue weighted by Gasteiger charge is 2.33. The minimum absolute atomic E-state index is 0.216. The summed E-state index contributed by atoms with van der Waals surface area (Å²) in [5.41, 5.74) is 2.17. The molecule has 128 valence electrons. The molecule has 0 saturated heterocycles. The molecule has 0 radical (unpaired) electrons. The lowest BCUT2D eigenvalue weighted by molar-refractivity contribution is 0.325. The lowest BCUT2D eigenvalue weighted by Crippen LogP contribution is -2.38. The summed E-state index contributed by atoms with van der Waals surface area (Å²) in [6, 6.07) is 12.1. The molecule has 0 saturated carbocycles. The summed E-state index contributed by atoms with van der Waals surface area (Å²) in [5.74, 6) is 1.44. The third-order valence-electron chi connectivity index (χ3n) is 4.50. The fraction of sp³-hybridized carbons (Fsp3) is 0.333. The van der Waals surface area contributed by atoms with Gasteiger partial charge in [0.25, 0.3) is 0 Å². The maximum Gasteiger partial charge on any atom is 0.243 e. The molecule has 1 aliphatic rings. The van der Waals surface area contributed by atoms with Crippen LogP contribution in [0.4, 0.5) is 0 Å². The highest BCUT2D eigenvalue weighted by molar-refractivity contribution is 7.89. The van der Waals surface area contributed by atoms with Crippen molar-refractivity contribution in [1.29, 1.82) is 0 Å². The molecule has 1 atom stereocenters. The zero-order chi connectivity index (χ0) is 17.3. The molecule has 1 unspecified atom stereocenters. The number of nitrogens with zero attached hydrogens (tertiary/aromatic N) is 1. The van der Waals surface area contributed by atoms with Crippen molar-refractivity contribution in [2.75, 3.05) is 20.8 Å². The van der Waals surface area contributed by atoms with E-state index < -0.39 is 10.0 Å². The lowest BCUT2D eigenvalue weighted by atomic mass is 9.95. The van der Waals surface area contributed by atoms with Gasteiger partial charge in [0.2, 0.25) is 10.0 Å². The Kier molecular flexibility index (Phi) is 4.51. The Hall–Kier alpha value is -2.05. The Morgan fingerprint density at radius 1 is 1.00 bits per heavy atom. The first-order chi connectivity index (χ1) is 11.5. The molecular weight excluding hydrogens is 326 g/mol. The first kappa shape index (κ1) is 16.8. The quantitative estimate of drug-likeness (QED) is 0.853. The summed E-state index contributed by atoms with van der Waals surface area (Å²) >= 11 is 0. The average molecular weight is 347 g/mol. The van der Waals surface area contributed by atoms with Crippen LogP contribution in [-0.2, 0) is 16.4 Å². The van der Waals surface area contributed by atoms with Gasteiger partial charge in [-0.1, -0.05) is 6.07 Å². The Morgan fingerprint density at radius 2 is 1.62 bits per heavy atom. The van der Waals surface area contributed by atoms with Crippen LogP contribution in [0, 0.1) is 0 Å². The number of ether oxygens (including phenoxy) is 2. The van der Waals surface area contributed by atoms with E-state index in [1.807, 2.05) is 25.1 Å². The van der Waals surface area contributed by atoms with Crippen molar-refractivity contribution < 1.29 is 17.9 Å². The van der Waals surface area contributed by atoms with E-state index in [4.69, 9.17) is 9.47 Å². The summed E-state index contributed by atoms with van der Waals surface area (Å²) in [4.78, 5) is 0.284. The average Bonchev–Trinajstić information content (AvgIpc) is 2.61. The molecular formula is C18H21NO4S. The van der Waals surface area contributed by atoms with Gasteiger partial charge in [-0.3, -0.25) is 0 Å². The molecule has 0 spiro atoms. The first-order valence-electron chi connectivity index (χ1n) is 7.80. The molecule has 2 aromatic rings. The van der Waals surface area contributed by atoms with Crippen molar-refractivity contribution in [3.05, 3.63) is 53.6 Å². The normalized spacial score (nSPS) is 18.0. The van der Waals surface area contributed by atoms with E-state index in [0.29, 0.717) is 18.7 Å². The molecule has 0 amide bonds. The largest absolute Gasteiger partial charge is 0.497 e. The summed E-state index contributed by atoms with van der Waals surface area (Å²) in [6.07, 6.45) is 0.673. The third-order valence-corrected chi connectivity index (χ3v) is 6.48. The minimum Gasteiger partial charge on any atom is -0.497 e. The van der Waals surface area contributed by atoms with Crippen molar-refractivity contribution in [1.82, 2.24) is 4.31 Å². The smallest absolute Gasteiger partial charge is 0.243 e. The van der Waals surface area contributed by atoms with Gasteiger partial charge in [0.05, 0.1) is 19.1 Å². The molecule has 0 fully saturated rings. The van der Waals surface area contributed by atoms with Gasteiger partial charge in [0, 0.05) is 12.6 Å². The van der Waals surface area contributed by atoms with E-state index >= 15 is 0 Å². The SMILES string of the molecule is COc1ccc(S(=O)(=O)N2CCc3cc(OC)ccc3C2C)cc1. The molecule has 0 N–H and O–H groups in total. The minimum atomic E-state index is -3.55. The summed E-state index contributed by atoms with van der Waals surface area (Å²) in [5, 5.41) is 0. The van der Waals surface area contributed by atoms with E-state index in [1.54, 1.807) is 42.8 Å². The van der Waals surface area contributed by atoms with Crippen molar-refractivity contribution in [2.45, 2.75) is 24.3 Å². The second kappa shape index (κ2) is 6.45. The van der Waals surface area contributed by atoms with E-state index in [2.05, 4.69) is 0 Å². The molecule has 1 heterocycles. The van der Waals surface area contributed by atoms with Gasteiger partial charge < -0.3 is 9.47 Å². The monoisotopic (exact) mass is 347 g/mol. The van der Waals surface area contributed by atoms with Crippen LogP contribution in [0.2, 0.25) is 0 Å². The number of methoxy groups -OCH3 is 2. The van der Waals surface area contributed by atoms with Crippen molar-refractivity contribution in [2.24, 2.45) is 0 Å². The van der Waals surface area contributed by atoms with Gasteiger partial charge in [0.15, 0.2) is 0 Å². The van der Waals surface area contributed by atoms with E-state index in [9.17, 15) is 8.42 Å². The van der Waals surface area contributed by atoms with Gasteiger partial charge in [-0.2, -0.15) is 4.31 Å². The van der Waals surface area contributed by atoms with E-state index in [0.717, 1.165) is 16.9 Å².